The fraction of sp³-hybridized carbons (Fsp3) is 0.267. The molecule has 3 nitrogen and oxygen atoms in total. The van der Waals surface area contributed by atoms with Gasteiger partial charge in [-0.05, 0) is 43.8 Å². The van der Waals surface area contributed by atoms with Crippen LogP contribution in [0.4, 0.5) is 0 Å². The molecule has 2 rings (SSSR count). The third kappa shape index (κ3) is 3.08. The fourth-order valence-corrected chi connectivity index (χ4v) is 1.79. The molecule has 0 radical (unpaired) electrons. The molecule has 0 aliphatic carbocycles. The predicted octanol–water partition coefficient (Wildman–Crippen LogP) is 2.87. The molecular formula is C15H18N2O. The van der Waals surface area contributed by atoms with Gasteiger partial charge in [0, 0.05) is 11.5 Å². The normalized spacial score (nSPS) is 11.2. The van der Waals surface area contributed by atoms with Crippen LogP contribution in [0.1, 0.15) is 12.0 Å². The number of fused-ring (bicyclic) bond motifs is 1. The van der Waals surface area contributed by atoms with Gasteiger partial charge in [-0.2, -0.15) is 0 Å². The van der Waals surface area contributed by atoms with Gasteiger partial charge in [-0.3, -0.25) is 0 Å². The number of nitrogens with zero attached hydrogens (tertiary/aromatic N) is 1. The van der Waals surface area contributed by atoms with Crippen molar-refractivity contribution >= 4 is 17.0 Å². The van der Waals surface area contributed by atoms with Gasteiger partial charge in [-0.1, -0.05) is 18.2 Å². The minimum absolute atomic E-state index is 0.653. The Morgan fingerprint density at radius 3 is 2.94 bits per heavy atom. The quantitative estimate of drug-likeness (QED) is 0.819. The summed E-state index contributed by atoms with van der Waals surface area (Å²) < 4.78 is 5.11. The smallest absolute Gasteiger partial charge is 0.213 e. The van der Waals surface area contributed by atoms with Crippen molar-refractivity contribution in [2.75, 3.05) is 20.7 Å². The predicted molar refractivity (Wildman–Crippen MR) is 75.9 cm³/mol. The SMILES string of the molecule is CNCCC=Cc1ccc2nc(OC)ccc2c1. The van der Waals surface area contributed by atoms with Gasteiger partial charge in [0.2, 0.25) is 5.88 Å². The lowest BCUT2D eigenvalue weighted by atomic mass is 10.1. The summed E-state index contributed by atoms with van der Waals surface area (Å²) in [6.07, 6.45) is 5.35. The molecule has 0 bridgehead atoms. The molecule has 0 aliphatic heterocycles. The molecule has 0 saturated carbocycles. The van der Waals surface area contributed by atoms with Crippen LogP contribution in [0.3, 0.4) is 0 Å². The lowest BCUT2D eigenvalue weighted by Crippen LogP contribution is -2.05. The molecule has 0 spiro atoms. The fourth-order valence-electron chi connectivity index (χ4n) is 1.79. The Balaban J connectivity index is 2.20. The molecule has 3 heteroatoms. The van der Waals surface area contributed by atoms with Crippen molar-refractivity contribution in [3.05, 3.63) is 42.0 Å². The minimum Gasteiger partial charge on any atom is -0.481 e. The van der Waals surface area contributed by atoms with E-state index >= 15 is 0 Å². The maximum absolute atomic E-state index is 5.11. The van der Waals surface area contributed by atoms with E-state index in [-0.39, 0.29) is 0 Å². The van der Waals surface area contributed by atoms with Crippen molar-refractivity contribution in [3.8, 4) is 5.88 Å². The van der Waals surface area contributed by atoms with Gasteiger partial charge in [0.25, 0.3) is 0 Å². The van der Waals surface area contributed by atoms with Gasteiger partial charge < -0.3 is 10.1 Å². The van der Waals surface area contributed by atoms with E-state index in [0.29, 0.717) is 5.88 Å². The van der Waals surface area contributed by atoms with E-state index in [4.69, 9.17) is 4.74 Å². The van der Waals surface area contributed by atoms with Crippen LogP contribution in [-0.2, 0) is 0 Å². The van der Waals surface area contributed by atoms with Crippen LogP contribution < -0.4 is 10.1 Å². The van der Waals surface area contributed by atoms with E-state index in [1.54, 1.807) is 7.11 Å². The molecule has 1 aromatic heterocycles. The van der Waals surface area contributed by atoms with Gasteiger partial charge in [0.15, 0.2) is 0 Å². The molecule has 0 amide bonds. The van der Waals surface area contributed by atoms with Crippen LogP contribution in [0.2, 0.25) is 0 Å². The average molecular weight is 242 g/mol. The lowest BCUT2D eigenvalue weighted by Gasteiger charge is -2.02. The van der Waals surface area contributed by atoms with Gasteiger partial charge in [-0.25, -0.2) is 4.98 Å². The highest BCUT2D eigenvalue weighted by atomic mass is 16.5. The van der Waals surface area contributed by atoms with Crippen LogP contribution in [-0.4, -0.2) is 25.7 Å². The first-order valence-electron chi connectivity index (χ1n) is 6.09. The molecule has 94 valence electrons. The molecular weight excluding hydrogens is 224 g/mol. The van der Waals surface area contributed by atoms with Crippen LogP contribution >= 0.6 is 0 Å². The van der Waals surface area contributed by atoms with Crippen molar-refractivity contribution < 1.29 is 4.74 Å². The third-order valence-corrected chi connectivity index (χ3v) is 2.77. The number of pyridine rings is 1. The van der Waals surface area contributed by atoms with Crippen molar-refractivity contribution in [1.29, 1.82) is 0 Å². The molecule has 0 unspecified atom stereocenters. The lowest BCUT2D eigenvalue weighted by molar-refractivity contribution is 0.399. The molecule has 1 heterocycles. The Labute approximate surface area is 107 Å². The number of hydrogen-bond donors (Lipinski definition) is 1. The molecule has 18 heavy (non-hydrogen) atoms. The Morgan fingerprint density at radius 1 is 1.28 bits per heavy atom. The zero-order valence-corrected chi connectivity index (χ0v) is 10.8. The van der Waals surface area contributed by atoms with E-state index < -0.39 is 0 Å². The van der Waals surface area contributed by atoms with E-state index in [9.17, 15) is 0 Å². The molecule has 2 aromatic rings. The Hall–Kier alpha value is -1.87. The Bertz CT molecular complexity index is 549. The van der Waals surface area contributed by atoms with Crippen LogP contribution in [0.15, 0.2) is 36.4 Å². The van der Waals surface area contributed by atoms with Crippen LogP contribution in [0, 0.1) is 0 Å². The maximum atomic E-state index is 5.11. The first kappa shape index (κ1) is 12.6. The highest BCUT2D eigenvalue weighted by molar-refractivity contribution is 5.81. The van der Waals surface area contributed by atoms with Crippen molar-refractivity contribution in [1.82, 2.24) is 10.3 Å². The van der Waals surface area contributed by atoms with Crippen LogP contribution in [0.25, 0.3) is 17.0 Å². The highest BCUT2D eigenvalue weighted by Crippen LogP contribution is 2.18. The molecule has 0 aliphatic rings. The van der Waals surface area contributed by atoms with E-state index in [1.165, 1.54) is 5.56 Å². The van der Waals surface area contributed by atoms with Gasteiger partial charge >= 0.3 is 0 Å². The maximum Gasteiger partial charge on any atom is 0.213 e. The van der Waals surface area contributed by atoms with E-state index in [1.807, 2.05) is 25.2 Å². The van der Waals surface area contributed by atoms with E-state index in [0.717, 1.165) is 23.9 Å². The summed E-state index contributed by atoms with van der Waals surface area (Å²) in [4.78, 5) is 4.39. The second-order valence-corrected chi connectivity index (χ2v) is 4.10. The second kappa shape index (κ2) is 6.17. The van der Waals surface area contributed by atoms with Gasteiger partial charge in [-0.15, -0.1) is 0 Å². The number of nitrogens with one attached hydrogen (secondary N) is 1. The summed E-state index contributed by atoms with van der Waals surface area (Å²) >= 11 is 0. The summed E-state index contributed by atoms with van der Waals surface area (Å²) in [5.41, 5.74) is 2.16. The highest BCUT2D eigenvalue weighted by Gasteiger charge is 1.98. The zero-order valence-electron chi connectivity index (χ0n) is 10.8. The average Bonchev–Trinajstić information content (AvgIpc) is 2.43. The Kier molecular flexibility index (Phi) is 4.31. The number of hydrogen-bond acceptors (Lipinski definition) is 3. The van der Waals surface area contributed by atoms with E-state index in [2.05, 4.69) is 34.6 Å². The summed E-state index contributed by atoms with van der Waals surface area (Å²) in [6.45, 7) is 1.00. The first-order valence-corrected chi connectivity index (χ1v) is 6.09. The summed E-state index contributed by atoms with van der Waals surface area (Å²) in [7, 11) is 3.59. The monoisotopic (exact) mass is 242 g/mol. The molecule has 0 fully saturated rings. The van der Waals surface area contributed by atoms with Crippen molar-refractivity contribution in [3.63, 3.8) is 0 Å². The summed E-state index contributed by atoms with van der Waals surface area (Å²) in [5.74, 6) is 0.653. The second-order valence-electron chi connectivity index (χ2n) is 4.10. The number of aromatic nitrogens is 1. The first-order chi connectivity index (χ1) is 8.83. The molecule has 0 atom stereocenters. The van der Waals surface area contributed by atoms with Crippen molar-refractivity contribution in [2.45, 2.75) is 6.42 Å². The van der Waals surface area contributed by atoms with Gasteiger partial charge in [0.05, 0.1) is 12.6 Å². The molecule has 1 N–H and O–H groups in total. The minimum atomic E-state index is 0.653. The molecule has 1 aromatic carbocycles. The van der Waals surface area contributed by atoms with Crippen LogP contribution in [0.5, 0.6) is 5.88 Å². The number of benzene rings is 1. The Morgan fingerprint density at radius 2 is 2.17 bits per heavy atom. The van der Waals surface area contributed by atoms with Crippen molar-refractivity contribution in [2.24, 2.45) is 0 Å². The molecule has 0 saturated heterocycles. The third-order valence-electron chi connectivity index (χ3n) is 2.77. The van der Waals surface area contributed by atoms with Gasteiger partial charge in [0.1, 0.15) is 0 Å². The standard InChI is InChI=1S/C15H18N2O/c1-16-10-4-3-5-12-6-8-14-13(11-12)7-9-15(17-14)18-2/h3,5-9,11,16H,4,10H2,1-2H3. The number of rotatable bonds is 5. The number of methoxy groups -OCH3 is 1. The summed E-state index contributed by atoms with van der Waals surface area (Å²) in [5, 5.41) is 4.25. The number of ether oxygens (including phenoxy) is 1. The summed E-state index contributed by atoms with van der Waals surface area (Å²) in [6, 6.07) is 10.2. The topological polar surface area (TPSA) is 34.2 Å². The largest absolute Gasteiger partial charge is 0.481 e. The zero-order chi connectivity index (χ0) is 12.8.